The standard InChI is InChI=1S/C37H40N2O11S3/c1-36(2)29-22-27(52(45,46)47)16-18-31(29)38(20-8-9-21-51(42,43)44)33(36)10-6-5-7-11-34-37(3,4)30-23-28(53(48,49)50)17-19-32(30)39(34)24-25-12-14-26(15-13-25)35(40)41/h5-7,10-19,22-23H,8-9,20-21,24H2,1-4H3,(H3-,40,41,42,43,44,45,46,47,48,49,50)/p+1. The van der Waals surface area contributed by atoms with Crippen LogP contribution in [0.1, 0.15) is 67.6 Å². The molecular weight excluding hydrogens is 745 g/mol. The summed E-state index contributed by atoms with van der Waals surface area (Å²) in [5.41, 5.74) is 3.80. The van der Waals surface area contributed by atoms with Crippen molar-refractivity contribution in [3.63, 3.8) is 0 Å². The number of allylic oxidation sites excluding steroid dienone is 6. The number of benzene rings is 3. The Bertz CT molecular complexity index is 2430. The lowest BCUT2D eigenvalue weighted by molar-refractivity contribution is -0.455. The number of carboxylic acids is 1. The largest absolute Gasteiger partial charge is 0.478 e. The maximum Gasteiger partial charge on any atom is 0.335 e. The highest BCUT2D eigenvalue weighted by molar-refractivity contribution is 7.86. The Kier molecular flexibility index (Phi) is 10.8. The van der Waals surface area contributed by atoms with Crippen LogP contribution in [0.5, 0.6) is 0 Å². The molecule has 4 N–H and O–H groups in total. The molecule has 0 unspecified atom stereocenters. The molecule has 13 nitrogen and oxygen atoms in total. The number of aromatic carboxylic acids is 1. The van der Waals surface area contributed by atoms with Crippen LogP contribution in [-0.2, 0) is 47.7 Å². The minimum Gasteiger partial charge on any atom is -0.478 e. The molecule has 0 bridgehead atoms. The molecule has 3 aromatic carbocycles. The van der Waals surface area contributed by atoms with Gasteiger partial charge >= 0.3 is 5.97 Å². The molecule has 53 heavy (non-hydrogen) atoms. The van der Waals surface area contributed by atoms with Crippen molar-refractivity contribution in [2.75, 3.05) is 17.2 Å². The first-order valence-corrected chi connectivity index (χ1v) is 21.0. The molecule has 0 fully saturated rings. The molecule has 0 aliphatic carbocycles. The third-order valence-corrected chi connectivity index (χ3v) is 12.1. The van der Waals surface area contributed by atoms with Crippen LogP contribution in [0.25, 0.3) is 0 Å². The number of carbonyl (C=O) groups is 1. The highest BCUT2D eigenvalue weighted by Crippen LogP contribution is 2.48. The zero-order valence-corrected chi connectivity index (χ0v) is 31.9. The Labute approximate surface area is 309 Å². The predicted molar refractivity (Wildman–Crippen MR) is 200 cm³/mol. The van der Waals surface area contributed by atoms with Crippen molar-refractivity contribution < 1.29 is 53.4 Å². The maximum atomic E-state index is 12.0. The summed E-state index contributed by atoms with van der Waals surface area (Å²) in [6.07, 6.45) is 9.75. The van der Waals surface area contributed by atoms with Gasteiger partial charge in [-0.1, -0.05) is 44.2 Å². The van der Waals surface area contributed by atoms with Crippen molar-refractivity contribution in [3.05, 3.63) is 119 Å². The van der Waals surface area contributed by atoms with Crippen LogP contribution >= 0.6 is 0 Å². The number of fused-ring (bicyclic) bond motifs is 2. The number of carboxylic acid groups (broad SMARTS) is 1. The molecule has 0 spiro atoms. The maximum absolute atomic E-state index is 12.0. The van der Waals surface area contributed by atoms with Crippen LogP contribution in [-0.4, -0.2) is 72.6 Å². The average molecular weight is 786 g/mol. The van der Waals surface area contributed by atoms with Crippen molar-refractivity contribution in [1.29, 1.82) is 0 Å². The van der Waals surface area contributed by atoms with Crippen molar-refractivity contribution in [2.45, 2.75) is 67.7 Å². The van der Waals surface area contributed by atoms with Gasteiger partial charge in [-0.25, -0.2) is 4.79 Å². The lowest BCUT2D eigenvalue weighted by Gasteiger charge is -2.27. The summed E-state index contributed by atoms with van der Waals surface area (Å²) in [4.78, 5) is 12.9. The molecule has 282 valence electrons. The fourth-order valence-electron chi connectivity index (χ4n) is 6.89. The highest BCUT2D eigenvalue weighted by Gasteiger charge is 2.45. The van der Waals surface area contributed by atoms with Gasteiger partial charge in [0.25, 0.3) is 30.4 Å². The van der Waals surface area contributed by atoms with E-state index in [0.29, 0.717) is 36.3 Å². The lowest BCUT2D eigenvalue weighted by Crippen LogP contribution is -2.27. The van der Waals surface area contributed by atoms with E-state index in [1.165, 1.54) is 36.4 Å². The van der Waals surface area contributed by atoms with E-state index >= 15 is 0 Å². The molecule has 5 rings (SSSR count). The number of rotatable bonds is 13. The molecule has 16 heteroatoms. The van der Waals surface area contributed by atoms with Gasteiger partial charge in [-0.3, -0.25) is 13.7 Å². The third kappa shape index (κ3) is 8.53. The first-order chi connectivity index (χ1) is 24.5. The van der Waals surface area contributed by atoms with Gasteiger partial charge in [-0.05, 0) is 80.8 Å². The minimum absolute atomic E-state index is 0.140. The molecule has 2 aliphatic heterocycles. The quantitative estimate of drug-likeness (QED) is 0.0690. The first-order valence-electron chi connectivity index (χ1n) is 16.5. The summed E-state index contributed by atoms with van der Waals surface area (Å²) in [6, 6.07) is 15.2. The summed E-state index contributed by atoms with van der Waals surface area (Å²) in [6.45, 7) is 8.37. The molecule has 2 heterocycles. The Morgan fingerprint density at radius 3 is 1.94 bits per heavy atom. The van der Waals surface area contributed by atoms with Gasteiger partial charge < -0.3 is 10.0 Å². The number of hydrogen-bond donors (Lipinski definition) is 4. The van der Waals surface area contributed by atoms with E-state index in [1.807, 2.05) is 55.4 Å². The van der Waals surface area contributed by atoms with Crippen LogP contribution in [0.15, 0.2) is 107 Å². The molecule has 0 aromatic heterocycles. The van der Waals surface area contributed by atoms with Gasteiger partial charge in [-0.15, -0.1) is 0 Å². The van der Waals surface area contributed by atoms with Crippen LogP contribution in [0.4, 0.5) is 11.4 Å². The molecule has 0 amide bonds. The predicted octanol–water partition coefficient (Wildman–Crippen LogP) is 5.92. The number of unbranched alkanes of at least 4 members (excludes halogenated alkanes) is 1. The molecule has 3 aromatic rings. The van der Waals surface area contributed by atoms with Crippen LogP contribution in [0.2, 0.25) is 0 Å². The number of hydrogen-bond acceptors (Lipinski definition) is 8. The third-order valence-electron chi connectivity index (χ3n) is 9.63. The van der Waals surface area contributed by atoms with E-state index < -0.39 is 52.9 Å². The summed E-state index contributed by atoms with van der Waals surface area (Å²) in [5.74, 6) is -1.45. The SMILES string of the molecule is CC1(C)C(/C=C/C=C/C=C2/N(CCCCS(=O)(=O)O)c3ccc(S(=O)(=O)O)cc3C2(C)C)=[N+](Cc2ccc(C(=O)O)cc2)c2ccc(S(=O)(=O)O)cc21. The Hall–Kier alpha value is -4.45. The first kappa shape index (κ1) is 39.8. The van der Waals surface area contributed by atoms with E-state index in [0.717, 1.165) is 22.7 Å². The Balaban J connectivity index is 1.51. The Morgan fingerprint density at radius 2 is 1.36 bits per heavy atom. The summed E-state index contributed by atoms with van der Waals surface area (Å²) < 4.78 is 101. The van der Waals surface area contributed by atoms with Crippen molar-refractivity contribution in [1.82, 2.24) is 0 Å². The lowest BCUT2D eigenvalue weighted by atomic mass is 9.81. The second kappa shape index (κ2) is 14.4. The van der Waals surface area contributed by atoms with Crippen LogP contribution in [0.3, 0.4) is 0 Å². The number of anilines is 1. The molecule has 0 saturated carbocycles. The molecule has 0 atom stereocenters. The van der Waals surface area contributed by atoms with Crippen LogP contribution in [0, 0.1) is 0 Å². The van der Waals surface area contributed by atoms with Crippen molar-refractivity contribution in [3.8, 4) is 0 Å². The smallest absolute Gasteiger partial charge is 0.335 e. The summed E-state index contributed by atoms with van der Waals surface area (Å²) in [7, 11) is -13.1. The molecule has 2 aliphatic rings. The van der Waals surface area contributed by atoms with E-state index in [1.54, 1.807) is 36.4 Å². The summed E-state index contributed by atoms with van der Waals surface area (Å²) >= 11 is 0. The van der Waals surface area contributed by atoms with Crippen molar-refractivity contribution in [2.24, 2.45) is 0 Å². The fourth-order valence-corrected chi connectivity index (χ4v) is 8.47. The normalized spacial score (nSPS) is 17.6. The van der Waals surface area contributed by atoms with E-state index in [2.05, 4.69) is 0 Å². The molecule has 0 saturated heterocycles. The zero-order valence-electron chi connectivity index (χ0n) is 29.5. The van der Waals surface area contributed by atoms with Gasteiger partial charge in [0.1, 0.15) is 0 Å². The second-order valence-electron chi connectivity index (χ2n) is 14.0. The van der Waals surface area contributed by atoms with Gasteiger partial charge in [0.05, 0.1) is 26.5 Å². The van der Waals surface area contributed by atoms with Crippen LogP contribution < -0.4 is 4.90 Å². The molecular formula is C37H41N2O11S3+. The van der Waals surface area contributed by atoms with E-state index in [-0.39, 0.29) is 21.8 Å². The van der Waals surface area contributed by atoms with Gasteiger partial charge in [0.15, 0.2) is 12.3 Å². The summed E-state index contributed by atoms with van der Waals surface area (Å²) in [5, 5.41) is 9.34. The monoisotopic (exact) mass is 785 g/mol. The van der Waals surface area contributed by atoms with Crippen molar-refractivity contribution >= 4 is 53.4 Å². The fraction of sp³-hybridized carbons (Fsp3) is 0.297. The minimum atomic E-state index is -4.48. The second-order valence-corrected chi connectivity index (χ2v) is 18.4. The number of nitrogens with zero attached hydrogens (tertiary/aromatic N) is 2. The average Bonchev–Trinajstić information content (AvgIpc) is 3.39. The Morgan fingerprint density at radius 1 is 0.755 bits per heavy atom. The molecule has 0 radical (unpaired) electrons. The van der Waals surface area contributed by atoms with Gasteiger partial charge in [0, 0.05) is 46.6 Å². The topological polar surface area (TPSA) is 207 Å². The highest BCUT2D eigenvalue weighted by atomic mass is 32.2. The van der Waals surface area contributed by atoms with E-state index in [4.69, 9.17) is 0 Å². The van der Waals surface area contributed by atoms with Gasteiger partial charge in [-0.2, -0.15) is 29.8 Å². The van der Waals surface area contributed by atoms with E-state index in [9.17, 15) is 48.8 Å². The zero-order chi connectivity index (χ0) is 39.1. The van der Waals surface area contributed by atoms with Gasteiger partial charge in [0.2, 0.25) is 5.69 Å².